The Kier molecular flexibility index (Phi) is 3.87. The van der Waals surface area contributed by atoms with Crippen molar-refractivity contribution in [2.45, 2.75) is 57.8 Å². The molecule has 0 bridgehead atoms. The highest BCUT2D eigenvalue weighted by molar-refractivity contribution is 5.54. The van der Waals surface area contributed by atoms with Gasteiger partial charge in [0.15, 0.2) is 0 Å². The summed E-state index contributed by atoms with van der Waals surface area (Å²) in [6.45, 7) is 1.15. The van der Waals surface area contributed by atoms with E-state index in [2.05, 4.69) is 23.5 Å². The molecule has 0 aromatic heterocycles. The van der Waals surface area contributed by atoms with Crippen LogP contribution in [0.1, 0.15) is 56.1 Å². The van der Waals surface area contributed by atoms with Crippen molar-refractivity contribution in [3.63, 3.8) is 0 Å². The lowest BCUT2D eigenvalue weighted by Crippen LogP contribution is -2.12. The van der Waals surface area contributed by atoms with Gasteiger partial charge in [-0.1, -0.05) is 44.2 Å². The van der Waals surface area contributed by atoms with Crippen molar-refractivity contribution in [2.75, 3.05) is 11.9 Å². The summed E-state index contributed by atoms with van der Waals surface area (Å²) in [7, 11) is 0. The number of hydrogen-bond donors (Lipinski definition) is 1. The van der Waals surface area contributed by atoms with E-state index >= 15 is 0 Å². The first-order chi connectivity index (χ1) is 8.92. The topological polar surface area (TPSA) is 12.0 Å². The predicted octanol–water partition coefficient (Wildman–Crippen LogP) is 4.56. The number of nitrogens with one attached hydrogen (secondary N) is 1. The van der Waals surface area contributed by atoms with E-state index in [1.807, 2.05) is 0 Å². The smallest absolute Gasteiger partial charge is 0.0375 e. The van der Waals surface area contributed by atoms with Gasteiger partial charge in [0.1, 0.15) is 0 Å². The standard InChI is InChI=1S/C17H25N/c1-2-5-14(6-3-1)8-9-15-10-11-16-7-4-12-18-17(16)13-15/h10-11,13-14,18H,1-9,12H2. The van der Waals surface area contributed by atoms with E-state index in [1.165, 1.54) is 74.6 Å². The van der Waals surface area contributed by atoms with Crippen molar-refractivity contribution >= 4 is 5.69 Å². The van der Waals surface area contributed by atoms with Crippen LogP contribution in [0.3, 0.4) is 0 Å². The molecule has 98 valence electrons. The second-order valence-electron chi connectivity index (χ2n) is 6.06. The molecule has 0 saturated heterocycles. The van der Waals surface area contributed by atoms with Crippen LogP contribution in [-0.4, -0.2) is 6.54 Å². The molecule has 1 fully saturated rings. The lowest BCUT2D eigenvalue weighted by atomic mass is 9.85. The Labute approximate surface area is 111 Å². The molecule has 1 N–H and O–H groups in total. The van der Waals surface area contributed by atoms with Crippen LogP contribution in [0.5, 0.6) is 0 Å². The maximum Gasteiger partial charge on any atom is 0.0375 e. The summed E-state index contributed by atoms with van der Waals surface area (Å²) in [5, 5.41) is 3.54. The minimum absolute atomic E-state index is 1.00. The van der Waals surface area contributed by atoms with Gasteiger partial charge in [-0.05, 0) is 48.8 Å². The Morgan fingerprint density at radius 3 is 2.83 bits per heavy atom. The Morgan fingerprint density at radius 1 is 1.06 bits per heavy atom. The maximum atomic E-state index is 3.54. The van der Waals surface area contributed by atoms with Crippen molar-refractivity contribution in [3.05, 3.63) is 29.3 Å². The van der Waals surface area contributed by atoms with E-state index < -0.39 is 0 Å². The van der Waals surface area contributed by atoms with Crippen molar-refractivity contribution in [1.29, 1.82) is 0 Å². The summed E-state index contributed by atoms with van der Waals surface area (Å²) >= 11 is 0. The normalized spacial score (nSPS) is 20.2. The van der Waals surface area contributed by atoms with Crippen LogP contribution in [0, 0.1) is 5.92 Å². The van der Waals surface area contributed by atoms with Crippen LogP contribution in [0.2, 0.25) is 0 Å². The summed E-state index contributed by atoms with van der Waals surface area (Å²) in [5.74, 6) is 1.00. The summed E-state index contributed by atoms with van der Waals surface area (Å²) in [4.78, 5) is 0. The molecule has 1 saturated carbocycles. The Balaban J connectivity index is 1.58. The van der Waals surface area contributed by atoms with E-state index in [1.54, 1.807) is 0 Å². The molecule has 1 heteroatoms. The molecule has 3 rings (SSSR count). The third kappa shape index (κ3) is 2.88. The predicted molar refractivity (Wildman–Crippen MR) is 78.1 cm³/mol. The number of aryl methyl sites for hydroxylation is 2. The zero-order valence-corrected chi connectivity index (χ0v) is 11.4. The molecule has 0 unspecified atom stereocenters. The molecule has 18 heavy (non-hydrogen) atoms. The third-order valence-corrected chi connectivity index (χ3v) is 4.68. The molecule has 1 aromatic carbocycles. The quantitative estimate of drug-likeness (QED) is 0.820. The van der Waals surface area contributed by atoms with Crippen molar-refractivity contribution in [1.82, 2.24) is 0 Å². The van der Waals surface area contributed by atoms with Gasteiger partial charge in [-0.3, -0.25) is 0 Å². The van der Waals surface area contributed by atoms with Gasteiger partial charge in [0.05, 0.1) is 0 Å². The first kappa shape index (κ1) is 12.1. The van der Waals surface area contributed by atoms with Crippen LogP contribution in [0.25, 0.3) is 0 Å². The van der Waals surface area contributed by atoms with Crippen molar-refractivity contribution in [3.8, 4) is 0 Å². The SMILES string of the molecule is c1cc2c(cc1CCC1CCCCC1)NCCC2. The van der Waals surface area contributed by atoms with Crippen molar-refractivity contribution < 1.29 is 0 Å². The number of benzene rings is 1. The van der Waals surface area contributed by atoms with Crippen LogP contribution >= 0.6 is 0 Å². The van der Waals surface area contributed by atoms with E-state index in [9.17, 15) is 0 Å². The summed E-state index contributed by atoms with van der Waals surface area (Å²) in [5.41, 5.74) is 4.46. The fourth-order valence-electron chi connectivity index (χ4n) is 3.51. The van der Waals surface area contributed by atoms with E-state index in [0.29, 0.717) is 0 Å². The van der Waals surface area contributed by atoms with E-state index in [0.717, 1.165) is 12.5 Å². The fraction of sp³-hybridized carbons (Fsp3) is 0.647. The van der Waals surface area contributed by atoms with Gasteiger partial charge in [0.25, 0.3) is 0 Å². The molecule has 1 aromatic rings. The molecule has 0 radical (unpaired) electrons. The Bertz CT molecular complexity index is 391. The average Bonchev–Trinajstić information content (AvgIpc) is 2.46. The molecule has 0 atom stereocenters. The molecule has 1 aliphatic carbocycles. The minimum Gasteiger partial charge on any atom is -0.385 e. The lowest BCUT2D eigenvalue weighted by molar-refractivity contribution is 0.339. The fourth-order valence-corrected chi connectivity index (χ4v) is 3.51. The van der Waals surface area contributed by atoms with E-state index in [-0.39, 0.29) is 0 Å². The Morgan fingerprint density at radius 2 is 1.94 bits per heavy atom. The highest BCUT2D eigenvalue weighted by Gasteiger charge is 2.14. The van der Waals surface area contributed by atoms with Gasteiger partial charge in [0, 0.05) is 12.2 Å². The number of fused-ring (bicyclic) bond motifs is 1. The van der Waals surface area contributed by atoms with Crippen LogP contribution in [-0.2, 0) is 12.8 Å². The van der Waals surface area contributed by atoms with Gasteiger partial charge >= 0.3 is 0 Å². The molecule has 1 aliphatic heterocycles. The number of rotatable bonds is 3. The van der Waals surface area contributed by atoms with Gasteiger partial charge in [-0.25, -0.2) is 0 Å². The molecule has 1 nitrogen and oxygen atoms in total. The van der Waals surface area contributed by atoms with Crippen LogP contribution in [0.15, 0.2) is 18.2 Å². The van der Waals surface area contributed by atoms with Crippen LogP contribution in [0.4, 0.5) is 5.69 Å². The number of anilines is 1. The largest absolute Gasteiger partial charge is 0.385 e. The molecular formula is C17H25N. The van der Waals surface area contributed by atoms with Gasteiger partial charge in [-0.2, -0.15) is 0 Å². The monoisotopic (exact) mass is 243 g/mol. The van der Waals surface area contributed by atoms with E-state index in [4.69, 9.17) is 0 Å². The maximum absolute atomic E-state index is 3.54. The molecule has 0 spiro atoms. The summed E-state index contributed by atoms with van der Waals surface area (Å²) in [6, 6.07) is 7.10. The highest BCUT2D eigenvalue weighted by Crippen LogP contribution is 2.29. The zero-order chi connectivity index (χ0) is 12.2. The summed E-state index contributed by atoms with van der Waals surface area (Å²) in [6.07, 6.45) is 12.6. The summed E-state index contributed by atoms with van der Waals surface area (Å²) < 4.78 is 0. The minimum atomic E-state index is 1.00. The number of hydrogen-bond acceptors (Lipinski definition) is 1. The van der Waals surface area contributed by atoms with Gasteiger partial charge < -0.3 is 5.32 Å². The molecule has 2 aliphatic rings. The third-order valence-electron chi connectivity index (χ3n) is 4.68. The zero-order valence-electron chi connectivity index (χ0n) is 11.4. The average molecular weight is 243 g/mol. The molecule has 1 heterocycles. The molecular weight excluding hydrogens is 218 g/mol. The van der Waals surface area contributed by atoms with Crippen LogP contribution < -0.4 is 5.32 Å². The lowest BCUT2D eigenvalue weighted by Gasteiger charge is -2.22. The Hall–Kier alpha value is -0.980. The first-order valence-electron chi connectivity index (χ1n) is 7.77. The molecule has 0 amide bonds. The second kappa shape index (κ2) is 5.77. The van der Waals surface area contributed by atoms with Gasteiger partial charge in [-0.15, -0.1) is 0 Å². The highest BCUT2D eigenvalue weighted by atomic mass is 14.9. The van der Waals surface area contributed by atoms with Gasteiger partial charge in [0.2, 0.25) is 0 Å². The second-order valence-corrected chi connectivity index (χ2v) is 6.06. The van der Waals surface area contributed by atoms with Crippen molar-refractivity contribution in [2.24, 2.45) is 5.92 Å². The first-order valence-corrected chi connectivity index (χ1v) is 7.77.